The lowest BCUT2D eigenvalue weighted by Gasteiger charge is -2.10. The maximum absolute atomic E-state index is 5.18. The molecule has 1 aliphatic heterocycles. The fourth-order valence-corrected chi connectivity index (χ4v) is 7.50. The van der Waals surface area contributed by atoms with Crippen molar-refractivity contribution in [2.24, 2.45) is 4.99 Å². The van der Waals surface area contributed by atoms with Gasteiger partial charge in [0.05, 0.1) is 39.5 Å². The summed E-state index contributed by atoms with van der Waals surface area (Å²) in [5, 5.41) is 4.91. The van der Waals surface area contributed by atoms with Crippen molar-refractivity contribution < 1.29 is 0 Å². The van der Waals surface area contributed by atoms with Gasteiger partial charge in [-0.05, 0) is 83.4 Å². The van der Waals surface area contributed by atoms with E-state index < -0.39 is 0 Å². The van der Waals surface area contributed by atoms with Crippen molar-refractivity contribution in [3.05, 3.63) is 187 Å². The molecule has 49 heavy (non-hydrogen) atoms. The Bertz CT molecular complexity index is 2770. The van der Waals surface area contributed by atoms with Gasteiger partial charge >= 0.3 is 0 Å². The van der Waals surface area contributed by atoms with Crippen molar-refractivity contribution >= 4 is 49.3 Å². The molecule has 3 aromatic heterocycles. The Morgan fingerprint density at radius 2 is 1.02 bits per heavy atom. The highest BCUT2D eigenvalue weighted by Gasteiger charge is 2.19. The van der Waals surface area contributed by atoms with Crippen molar-refractivity contribution in [3.8, 4) is 22.6 Å². The summed E-state index contributed by atoms with van der Waals surface area (Å²) < 4.78 is 4.64. The van der Waals surface area contributed by atoms with Crippen LogP contribution in [0.15, 0.2) is 181 Å². The average Bonchev–Trinajstić information content (AvgIpc) is 3.89. The zero-order valence-electron chi connectivity index (χ0n) is 26.6. The first-order chi connectivity index (χ1) is 24.3. The first kappa shape index (κ1) is 27.6. The van der Waals surface area contributed by atoms with Gasteiger partial charge < -0.3 is 4.57 Å². The third-order valence-corrected chi connectivity index (χ3v) is 9.77. The Labute approximate surface area is 283 Å². The summed E-state index contributed by atoms with van der Waals surface area (Å²) in [4.78, 5) is 10.2. The van der Waals surface area contributed by atoms with E-state index in [1.54, 1.807) is 0 Å². The Kier molecular flexibility index (Phi) is 6.21. The average molecular weight is 627 g/mol. The van der Waals surface area contributed by atoms with Gasteiger partial charge in [0.1, 0.15) is 5.82 Å². The largest absolute Gasteiger partial charge is 0.309 e. The molecule has 4 heterocycles. The van der Waals surface area contributed by atoms with Crippen molar-refractivity contribution in [1.29, 1.82) is 0 Å². The molecule has 0 saturated carbocycles. The van der Waals surface area contributed by atoms with Gasteiger partial charge in [0.25, 0.3) is 0 Å². The number of aliphatic imine (C=N–C) groups is 1. The van der Waals surface area contributed by atoms with Crippen molar-refractivity contribution in [2.45, 2.75) is 6.04 Å². The van der Waals surface area contributed by atoms with Gasteiger partial charge in [-0.15, -0.1) is 0 Å². The molecule has 0 radical (unpaired) electrons. The minimum absolute atomic E-state index is 0.0161. The highest BCUT2D eigenvalue weighted by molar-refractivity contribution is 6.13. The van der Waals surface area contributed by atoms with Crippen LogP contribution in [0.25, 0.3) is 66.2 Å². The summed E-state index contributed by atoms with van der Waals surface area (Å²) in [6.45, 7) is 0. The fourth-order valence-electron chi connectivity index (χ4n) is 7.50. The molecule has 0 fully saturated rings. The highest BCUT2D eigenvalue weighted by Crippen LogP contribution is 2.38. The van der Waals surface area contributed by atoms with E-state index in [-0.39, 0.29) is 6.04 Å². The predicted molar refractivity (Wildman–Crippen MR) is 203 cm³/mol. The molecule has 0 saturated heterocycles. The molecular weight excluding hydrogens is 597 g/mol. The third kappa shape index (κ3) is 4.45. The topological polar surface area (TPSA) is 35.1 Å². The Balaban J connectivity index is 1.09. The highest BCUT2D eigenvalue weighted by atomic mass is 15.1. The summed E-state index contributed by atoms with van der Waals surface area (Å²) in [6.07, 6.45) is 4.24. The van der Waals surface area contributed by atoms with E-state index >= 15 is 0 Å². The molecule has 1 unspecified atom stereocenters. The van der Waals surface area contributed by atoms with Gasteiger partial charge in [0, 0.05) is 27.2 Å². The Hall–Kier alpha value is -6.52. The third-order valence-electron chi connectivity index (χ3n) is 9.77. The SMILES string of the molecule is C1=CC(c2ccccc2)N=C1c1cccc(-n2c3ccccc3c3cc(-c4ccc5c(c4)c4ccccc4n5-c4ccccc4)ccc32)n1. The maximum atomic E-state index is 5.18. The number of fused-ring (bicyclic) bond motifs is 6. The molecule has 230 valence electrons. The standard InChI is InChI=1S/C45H30N4/c1-3-12-30(13-4-1)38-24-25-40(46-38)39-18-11-21-45(47-39)49-42-20-10-8-17-35(42)37-29-32(23-27-44(37)49)31-22-26-43-36(28-31)34-16-7-9-19-41(34)48(43)33-14-5-2-6-15-33/h1-29,38H. The number of benzene rings is 6. The van der Waals surface area contributed by atoms with Crippen LogP contribution in [0.4, 0.5) is 0 Å². The van der Waals surface area contributed by atoms with Crippen LogP contribution < -0.4 is 0 Å². The number of allylic oxidation sites excluding steroid dienone is 1. The van der Waals surface area contributed by atoms with Gasteiger partial charge in [-0.25, -0.2) is 4.98 Å². The van der Waals surface area contributed by atoms with E-state index in [4.69, 9.17) is 9.98 Å². The molecule has 10 rings (SSSR count). The predicted octanol–water partition coefficient (Wildman–Crippen LogP) is 11.0. The lowest BCUT2D eigenvalue weighted by atomic mass is 10.0. The second-order valence-corrected chi connectivity index (χ2v) is 12.6. The molecule has 0 amide bonds. The smallest absolute Gasteiger partial charge is 0.138 e. The molecule has 6 aromatic carbocycles. The zero-order valence-corrected chi connectivity index (χ0v) is 26.6. The van der Waals surface area contributed by atoms with E-state index in [1.165, 1.54) is 55.0 Å². The van der Waals surface area contributed by atoms with Crippen LogP contribution in [0.2, 0.25) is 0 Å². The van der Waals surface area contributed by atoms with E-state index in [0.29, 0.717) is 0 Å². The quantitative estimate of drug-likeness (QED) is 0.187. The number of para-hydroxylation sites is 3. The molecule has 1 aliphatic rings. The van der Waals surface area contributed by atoms with Gasteiger partial charge in [-0.1, -0.05) is 109 Å². The van der Waals surface area contributed by atoms with Gasteiger partial charge in [0.15, 0.2) is 0 Å². The van der Waals surface area contributed by atoms with E-state index in [2.05, 4.69) is 179 Å². The fraction of sp³-hybridized carbons (Fsp3) is 0.0222. The summed E-state index contributed by atoms with van der Waals surface area (Å²) in [5.74, 6) is 0.880. The number of hydrogen-bond donors (Lipinski definition) is 0. The minimum atomic E-state index is 0.0161. The monoisotopic (exact) mass is 626 g/mol. The summed E-state index contributed by atoms with van der Waals surface area (Å²) in [6, 6.07) is 58.3. The lowest BCUT2D eigenvalue weighted by molar-refractivity contribution is 0.931. The maximum Gasteiger partial charge on any atom is 0.138 e. The van der Waals surface area contributed by atoms with Crippen LogP contribution in [0.5, 0.6) is 0 Å². The second-order valence-electron chi connectivity index (χ2n) is 12.6. The van der Waals surface area contributed by atoms with Crippen LogP contribution >= 0.6 is 0 Å². The number of hydrogen-bond acceptors (Lipinski definition) is 2. The molecular formula is C45H30N4. The second kappa shape index (κ2) is 11.0. The van der Waals surface area contributed by atoms with Crippen molar-refractivity contribution in [1.82, 2.24) is 14.1 Å². The number of nitrogens with zero attached hydrogens (tertiary/aromatic N) is 4. The van der Waals surface area contributed by atoms with Crippen LogP contribution in [-0.2, 0) is 0 Å². The molecule has 4 nitrogen and oxygen atoms in total. The minimum Gasteiger partial charge on any atom is -0.309 e. The van der Waals surface area contributed by atoms with E-state index in [0.717, 1.165) is 28.3 Å². The molecule has 0 spiro atoms. The zero-order chi connectivity index (χ0) is 32.3. The van der Waals surface area contributed by atoms with Gasteiger partial charge in [0.2, 0.25) is 0 Å². The van der Waals surface area contributed by atoms with Crippen molar-refractivity contribution in [3.63, 3.8) is 0 Å². The molecule has 0 N–H and O–H groups in total. The number of rotatable bonds is 5. The van der Waals surface area contributed by atoms with Crippen LogP contribution in [0, 0.1) is 0 Å². The lowest BCUT2D eigenvalue weighted by Crippen LogP contribution is -2.04. The number of aromatic nitrogens is 3. The van der Waals surface area contributed by atoms with Crippen LogP contribution in [0.1, 0.15) is 17.3 Å². The van der Waals surface area contributed by atoms with Crippen LogP contribution in [0.3, 0.4) is 0 Å². The molecule has 1 atom stereocenters. The first-order valence-corrected chi connectivity index (χ1v) is 16.7. The molecule has 0 aliphatic carbocycles. The summed E-state index contributed by atoms with van der Waals surface area (Å²) in [5.41, 5.74) is 11.2. The molecule has 9 aromatic rings. The molecule has 0 bridgehead atoms. The summed E-state index contributed by atoms with van der Waals surface area (Å²) >= 11 is 0. The Morgan fingerprint density at radius 1 is 0.449 bits per heavy atom. The Morgan fingerprint density at radius 3 is 1.71 bits per heavy atom. The summed E-state index contributed by atoms with van der Waals surface area (Å²) in [7, 11) is 0. The van der Waals surface area contributed by atoms with Gasteiger partial charge in [-0.2, -0.15) is 0 Å². The van der Waals surface area contributed by atoms with E-state index in [9.17, 15) is 0 Å². The normalized spacial score (nSPS) is 14.4. The van der Waals surface area contributed by atoms with Gasteiger partial charge in [-0.3, -0.25) is 9.56 Å². The molecule has 4 heteroatoms. The number of pyridine rings is 1. The van der Waals surface area contributed by atoms with Crippen LogP contribution in [-0.4, -0.2) is 19.8 Å². The van der Waals surface area contributed by atoms with E-state index in [1.807, 2.05) is 6.07 Å². The van der Waals surface area contributed by atoms with Crippen molar-refractivity contribution in [2.75, 3.05) is 0 Å². The first-order valence-electron chi connectivity index (χ1n) is 16.7.